The largest absolute Gasteiger partial charge is 0.467 e. The summed E-state index contributed by atoms with van der Waals surface area (Å²) in [6.45, 7) is 4.21. The van der Waals surface area contributed by atoms with E-state index in [9.17, 15) is 0 Å². The van der Waals surface area contributed by atoms with Gasteiger partial charge in [0.15, 0.2) is 0 Å². The molecule has 1 aliphatic rings. The van der Waals surface area contributed by atoms with Crippen molar-refractivity contribution < 1.29 is 4.74 Å². The molecule has 0 bridgehead atoms. The summed E-state index contributed by atoms with van der Waals surface area (Å²) < 4.78 is 5.09. The fourth-order valence-electron chi connectivity index (χ4n) is 2.04. The number of methoxy groups -OCH3 is 1. The molecule has 1 aliphatic heterocycles. The summed E-state index contributed by atoms with van der Waals surface area (Å²) in [6, 6.07) is 2.55. The van der Waals surface area contributed by atoms with E-state index in [0.29, 0.717) is 11.9 Å². The number of rotatable bonds is 2. The number of hydrogen-bond acceptors (Lipinski definition) is 4. The highest BCUT2D eigenvalue weighted by atomic mass is 16.5. The fourth-order valence-corrected chi connectivity index (χ4v) is 2.04. The van der Waals surface area contributed by atoms with Crippen LogP contribution in [0.3, 0.4) is 0 Å². The summed E-state index contributed by atoms with van der Waals surface area (Å²) in [7, 11) is 3.75. The SMILES string of the molecule is COc1nc(C)cc(C2CCN(C)C2)n1. The van der Waals surface area contributed by atoms with Crippen LogP contribution in [-0.2, 0) is 0 Å². The van der Waals surface area contributed by atoms with E-state index in [1.165, 1.54) is 6.42 Å². The lowest BCUT2D eigenvalue weighted by molar-refractivity contribution is 0.374. The second kappa shape index (κ2) is 4.14. The molecule has 1 aromatic rings. The third kappa shape index (κ3) is 2.26. The first-order chi connectivity index (χ1) is 7.19. The quantitative estimate of drug-likeness (QED) is 0.730. The number of ether oxygens (including phenoxy) is 1. The van der Waals surface area contributed by atoms with E-state index in [1.807, 2.05) is 6.92 Å². The van der Waals surface area contributed by atoms with Gasteiger partial charge in [0, 0.05) is 18.2 Å². The summed E-state index contributed by atoms with van der Waals surface area (Å²) in [5.41, 5.74) is 2.09. The number of hydrogen-bond donors (Lipinski definition) is 0. The molecule has 1 aromatic heterocycles. The maximum atomic E-state index is 5.09. The normalized spacial score (nSPS) is 21.9. The highest BCUT2D eigenvalue weighted by Crippen LogP contribution is 2.25. The highest BCUT2D eigenvalue weighted by Gasteiger charge is 2.23. The topological polar surface area (TPSA) is 38.2 Å². The van der Waals surface area contributed by atoms with Crippen molar-refractivity contribution in [2.75, 3.05) is 27.2 Å². The second-order valence-electron chi connectivity index (χ2n) is 4.17. The van der Waals surface area contributed by atoms with Gasteiger partial charge in [-0.1, -0.05) is 0 Å². The van der Waals surface area contributed by atoms with Crippen LogP contribution in [-0.4, -0.2) is 42.1 Å². The van der Waals surface area contributed by atoms with E-state index >= 15 is 0 Å². The molecule has 0 radical (unpaired) electrons. The van der Waals surface area contributed by atoms with Crippen LogP contribution in [0.15, 0.2) is 6.07 Å². The van der Waals surface area contributed by atoms with Crippen molar-refractivity contribution in [2.24, 2.45) is 0 Å². The van der Waals surface area contributed by atoms with Crippen LogP contribution in [0, 0.1) is 6.92 Å². The van der Waals surface area contributed by atoms with Gasteiger partial charge < -0.3 is 9.64 Å². The smallest absolute Gasteiger partial charge is 0.316 e. The maximum Gasteiger partial charge on any atom is 0.316 e. The van der Waals surface area contributed by atoms with Gasteiger partial charge in [0.1, 0.15) is 0 Å². The molecule has 82 valence electrons. The molecule has 1 saturated heterocycles. The number of nitrogens with zero attached hydrogens (tertiary/aromatic N) is 3. The zero-order chi connectivity index (χ0) is 10.8. The Hall–Kier alpha value is -1.16. The standard InChI is InChI=1S/C11H17N3O/c1-8-6-10(13-11(12-8)15-3)9-4-5-14(2)7-9/h6,9H,4-5,7H2,1-3H3. The molecule has 2 heterocycles. The predicted molar refractivity (Wildman–Crippen MR) is 58.2 cm³/mol. The van der Waals surface area contributed by atoms with Crippen molar-refractivity contribution in [2.45, 2.75) is 19.3 Å². The lowest BCUT2D eigenvalue weighted by Crippen LogP contribution is -2.14. The molecule has 0 aromatic carbocycles. The Labute approximate surface area is 90.3 Å². The molecule has 1 atom stereocenters. The first-order valence-electron chi connectivity index (χ1n) is 5.27. The van der Waals surface area contributed by atoms with Gasteiger partial charge in [0.2, 0.25) is 0 Å². The summed E-state index contributed by atoms with van der Waals surface area (Å²) in [6.07, 6.45) is 1.18. The van der Waals surface area contributed by atoms with E-state index in [1.54, 1.807) is 7.11 Å². The van der Waals surface area contributed by atoms with Gasteiger partial charge in [-0.15, -0.1) is 0 Å². The van der Waals surface area contributed by atoms with Gasteiger partial charge in [0.25, 0.3) is 0 Å². The van der Waals surface area contributed by atoms with E-state index in [4.69, 9.17) is 4.74 Å². The molecule has 1 unspecified atom stereocenters. The number of aromatic nitrogens is 2. The molecule has 0 saturated carbocycles. The molecule has 2 rings (SSSR count). The summed E-state index contributed by atoms with van der Waals surface area (Å²) >= 11 is 0. The van der Waals surface area contributed by atoms with Crippen LogP contribution >= 0.6 is 0 Å². The first kappa shape index (κ1) is 10.4. The fraction of sp³-hybridized carbons (Fsp3) is 0.636. The third-order valence-corrected chi connectivity index (χ3v) is 2.85. The van der Waals surface area contributed by atoms with Crippen molar-refractivity contribution in [3.05, 3.63) is 17.5 Å². The Balaban J connectivity index is 2.24. The van der Waals surface area contributed by atoms with Gasteiger partial charge >= 0.3 is 6.01 Å². The van der Waals surface area contributed by atoms with Crippen LogP contribution < -0.4 is 4.74 Å². The minimum atomic E-state index is 0.486. The third-order valence-electron chi connectivity index (χ3n) is 2.85. The molecular formula is C11H17N3O. The van der Waals surface area contributed by atoms with Gasteiger partial charge in [-0.25, -0.2) is 4.98 Å². The molecule has 1 fully saturated rings. The second-order valence-corrected chi connectivity index (χ2v) is 4.17. The van der Waals surface area contributed by atoms with Crippen molar-refractivity contribution in [1.82, 2.24) is 14.9 Å². The Morgan fingerprint density at radius 1 is 1.47 bits per heavy atom. The van der Waals surface area contributed by atoms with Crippen LogP contribution in [0.25, 0.3) is 0 Å². The molecule has 4 heteroatoms. The van der Waals surface area contributed by atoms with E-state index in [0.717, 1.165) is 24.5 Å². The highest BCUT2D eigenvalue weighted by molar-refractivity contribution is 5.18. The number of likely N-dealkylation sites (N-methyl/N-ethyl adjacent to an activating group) is 1. The number of aryl methyl sites for hydroxylation is 1. The average Bonchev–Trinajstić information content (AvgIpc) is 2.64. The molecular weight excluding hydrogens is 190 g/mol. The average molecular weight is 207 g/mol. The van der Waals surface area contributed by atoms with Crippen LogP contribution in [0.1, 0.15) is 23.7 Å². The molecule has 0 N–H and O–H groups in total. The molecule has 0 amide bonds. The summed E-state index contributed by atoms with van der Waals surface area (Å²) in [5, 5.41) is 0. The first-order valence-corrected chi connectivity index (χ1v) is 5.27. The Bertz CT molecular complexity index is 354. The number of likely N-dealkylation sites (tertiary alicyclic amines) is 1. The van der Waals surface area contributed by atoms with Crippen molar-refractivity contribution in [3.8, 4) is 6.01 Å². The van der Waals surface area contributed by atoms with Gasteiger partial charge in [-0.2, -0.15) is 4.98 Å². The van der Waals surface area contributed by atoms with E-state index in [-0.39, 0.29) is 0 Å². The van der Waals surface area contributed by atoms with E-state index in [2.05, 4.69) is 28.0 Å². The molecule has 0 aliphatic carbocycles. The zero-order valence-electron chi connectivity index (χ0n) is 9.53. The van der Waals surface area contributed by atoms with Crippen LogP contribution in [0.5, 0.6) is 6.01 Å². The molecule has 4 nitrogen and oxygen atoms in total. The predicted octanol–water partition coefficient (Wildman–Crippen LogP) is 1.21. The van der Waals surface area contributed by atoms with Crippen molar-refractivity contribution >= 4 is 0 Å². The molecule has 15 heavy (non-hydrogen) atoms. The Morgan fingerprint density at radius 3 is 2.87 bits per heavy atom. The van der Waals surface area contributed by atoms with Gasteiger partial charge in [-0.3, -0.25) is 0 Å². The monoisotopic (exact) mass is 207 g/mol. The Morgan fingerprint density at radius 2 is 2.27 bits per heavy atom. The van der Waals surface area contributed by atoms with E-state index < -0.39 is 0 Å². The maximum absolute atomic E-state index is 5.09. The summed E-state index contributed by atoms with van der Waals surface area (Å²) in [4.78, 5) is 10.9. The minimum Gasteiger partial charge on any atom is -0.467 e. The van der Waals surface area contributed by atoms with Gasteiger partial charge in [-0.05, 0) is 33.0 Å². The minimum absolute atomic E-state index is 0.486. The molecule has 0 spiro atoms. The van der Waals surface area contributed by atoms with Crippen LogP contribution in [0.4, 0.5) is 0 Å². The van der Waals surface area contributed by atoms with Crippen LogP contribution in [0.2, 0.25) is 0 Å². The lowest BCUT2D eigenvalue weighted by Gasteiger charge is -2.11. The van der Waals surface area contributed by atoms with Crippen molar-refractivity contribution in [1.29, 1.82) is 0 Å². The zero-order valence-corrected chi connectivity index (χ0v) is 9.53. The Kier molecular flexibility index (Phi) is 2.86. The summed E-state index contributed by atoms with van der Waals surface area (Å²) in [5.74, 6) is 0.533. The van der Waals surface area contributed by atoms with Gasteiger partial charge in [0.05, 0.1) is 12.8 Å². The van der Waals surface area contributed by atoms with Crippen molar-refractivity contribution in [3.63, 3.8) is 0 Å². The lowest BCUT2D eigenvalue weighted by atomic mass is 10.0.